The van der Waals surface area contributed by atoms with Crippen LogP contribution in [0.3, 0.4) is 0 Å². The molecule has 0 saturated carbocycles. The summed E-state index contributed by atoms with van der Waals surface area (Å²) in [6.07, 6.45) is 7.34. The molecule has 1 saturated heterocycles. The molecule has 2 aromatic heterocycles. The maximum atomic E-state index is 4.53. The number of hydrogen-bond acceptors (Lipinski definition) is 5. The molecule has 1 aliphatic heterocycles. The van der Waals surface area contributed by atoms with E-state index in [0.29, 0.717) is 0 Å². The molecular formula is C15H19N5. The first-order valence-corrected chi connectivity index (χ1v) is 6.88. The van der Waals surface area contributed by atoms with E-state index in [0.717, 1.165) is 36.7 Å². The minimum Gasteiger partial charge on any atom is -0.333 e. The van der Waals surface area contributed by atoms with E-state index in [2.05, 4.69) is 39.0 Å². The molecule has 3 rings (SSSR count). The van der Waals surface area contributed by atoms with Crippen molar-refractivity contribution in [1.82, 2.24) is 20.3 Å². The Morgan fingerprint density at radius 3 is 2.60 bits per heavy atom. The van der Waals surface area contributed by atoms with Crippen molar-refractivity contribution in [1.29, 1.82) is 0 Å². The Balaban J connectivity index is 1.86. The molecule has 0 bridgehead atoms. The standard InChI is InChI=1S/C15H19N5/c1-15(2)11-17-6-7-20(15)14-18-9-13(10-19-14)12-4-3-5-16-8-12/h3-5,8-10,17H,6-7,11H2,1-2H3. The highest BCUT2D eigenvalue weighted by molar-refractivity contribution is 5.60. The zero-order valence-electron chi connectivity index (χ0n) is 11.9. The molecule has 0 spiro atoms. The molecule has 3 heterocycles. The maximum absolute atomic E-state index is 4.53. The average Bonchev–Trinajstić information content (AvgIpc) is 2.48. The zero-order valence-corrected chi connectivity index (χ0v) is 11.9. The topological polar surface area (TPSA) is 53.9 Å². The minimum absolute atomic E-state index is 0.0358. The second kappa shape index (κ2) is 5.17. The van der Waals surface area contributed by atoms with E-state index in [9.17, 15) is 0 Å². The monoisotopic (exact) mass is 269 g/mol. The molecule has 1 fully saturated rings. The lowest BCUT2D eigenvalue weighted by molar-refractivity contribution is 0.375. The molecular weight excluding hydrogens is 250 g/mol. The van der Waals surface area contributed by atoms with E-state index in [4.69, 9.17) is 0 Å². The van der Waals surface area contributed by atoms with Gasteiger partial charge < -0.3 is 10.2 Å². The first kappa shape index (κ1) is 13.0. The van der Waals surface area contributed by atoms with Crippen LogP contribution >= 0.6 is 0 Å². The van der Waals surface area contributed by atoms with Gasteiger partial charge in [-0.2, -0.15) is 0 Å². The van der Waals surface area contributed by atoms with Crippen molar-refractivity contribution in [2.75, 3.05) is 24.5 Å². The zero-order chi connectivity index (χ0) is 14.0. The molecule has 0 aromatic carbocycles. The summed E-state index contributed by atoms with van der Waals surface area (Å²) in [5.41, 5.74) is 2.07. The fourth-order valence-electron chi connectivity index (χ4n) is 2.50. The summed E-state index contributed by atoms with van der Waals surface area (Å²) in [5.74, 6) is 0.796. The summed E-state index contributed by atoms with van der Waals surface area (Å²) in [5, 5.41) is 3.41. The number of hydrogen-bond donors (Lipinski definition) is 1. The summed E-state index contributed by atoms with van der Waals surface area (Å²) in [6.45, 7) is 7.26. The third-order valence-electron chi connectivity index (χ3n) is 3.67. The van der Waals surface area contributed by atoms with Crippen LogP contribution in [0.2, 0.25) is 0 Å². The second-order valence-electron chi connectivity index (χ2n) is 5.65. The molecule has 1 N–H and O–H groups in total. The number of anilines is 1. The summed E-state index contributed by atoms with van der Waals surface area (Å²) in [6, 6.07) is 3.93. The second-order valence-corrected chi connectivity index (χ2v) is 5.65. The van der Waals surface area contributed by atoms with E-state index in [1.807, 2.05) is 30.7 Å². The molecule has 0 amide bonds. The Bertz CT molecular complexity index is 565. The SMILES string of the molecule is CC1(C)CNCCN1c1ncc(-c2cccnc2)cn1. The molecule has 0 radical (unpaired) electrons. The van der Waals surface area contributed by atoms with Gasteiger partial charge in [0.2, 0.25) is 5.95 Å². The van der Waals surface area contributed by atoms with Crippen LogP contribution in [0.4, 0.5) is 5.95 Å². The quantitative estimate of drug-likeness (QED) is 0.899. The summed E-state index contributed by atoms with van der Waals surface area (Å²) in [4.78, 5) is 15.4. The van der Waals surface area contributed by atoms with Gasteiger partial charge in [-0.15, -0.1) is 0 Å². The molecule has 2 aromatic rings. The molecule has 5 heteroatoms. The molecule has 20 heavy (non-hydrogen) atoms. The largest absolute Gasteiger partial charge is 0.333 e. The lowest BCUT2D eigenvalue weighted by atomic mass is 10.0. The third kappa shape index (κ3) is 2.49. The highest BCUT2D eigenvalue weighted by atomic mass is 15.3. The van der Waals surface area contributed by atoms with Gasteiger partial charge in [0.1, 0.15) is 0 Å². The Hall–Kier alpha value is -2.01. The predicted molar refractivity (Wildman–Crippen MR) is 79.6 cm³/mol. The van der Waals surface area contributed by atoms with Crippen LogP contribution < -0.4 is 10.2 Å². The third-order valence-corrected chi connectivity index (χ3v) is 3.67. The number of pyridine rings is 1. The van der Waals surface area contributed by atoms with Gasteiger partial charge in [0.25, 0.3) is 0 Å². The van der Waals surface area contributed by atoms with Crippen molar-refractivity contribution >= 4 is 5.95 Å². The van der Waals surface area contributed by atoms with Crippen LogP contribution in [0.15, 0.2) is 36.9 Å². The van der Waals surface area contributed by atoms with Crippen LogP contribution in [0, 0.1) is 0 Å². The van der Waals surface area contributed by atoms with E-state index in [-0.39, 0.29) is 5.54 Å². The van der Waals surface area contributed by atoms with Gasteiger partial charge in [-0.1, -0.05) is 6.07 Å². The predicted octanol–water partition coefficient (Wildman–Crippen LogP) is 1.73. The van der Waals surface area contributed by atoms with E-state index >= 15 is 0 Å². The van der Waals surface area contributed by atoms with E-state index in [1.165, 1.54) is 0 Å². The van der Waals surface area contributed by atoms with Crippen molar-refractivity contribution in [2.45, 2.75) is 19.4 Å². The number of aromatic nitrogens is 3. The highest BCUT2D eigenvalue weighted by Gasteiger charge is 2.31. The van der Waals surface area contributed by atoms with Gasteiger partial charge in [0, 0.05) is 61.1 Å². The van der Waals surface area contributed by atoms with Gasteiger partial charge in [-0.05, 0) is 19.9 Å². The van der Waals surface area contributed by atoms with Crippen molar-refractivity contribution < 1.29 is 0 Å². The molecule has 0 atom stereocenters. The van der Waals surface area contributed by atoms with Gasteiger partial charge in [0.15, 0.2) is 0 Å². The molecule has 104 valence electrons. The normalized spacial score (nSPS) is 18.0. The van der Waals surface area contributed by atoms with Crippen LogP contribution in [0.25, 0.3) is 11.1 Å². The fourth-order valence-corrected chi connectivity index (χ4v) is 2.50. The number of rotatable bonds is 2. The Morgan fingerprint density at radius 2 is 1.95 bits per heavy atom. The van der Waals surface area contributed by atoms with Crippen LogP contribution in [-0.4, -0.2) is 40.1 Å². The van der Waals surface area contributed by atoms with Crippen LogP contribution in [-0.2, 0) is 0 Å². The summed E-state index contributed by atoms with van der Waals surface area (Å²) in [7, 11) is 0. The maximum Gasteiger partial charge on any atom is 0.225 e. The van der Waals surface area contributed by atoms with Gasteiger partial charge >= 0.3 is 0 Å². The van der Waals surface area contributed by atoms with Crippen LogP contribution in [0.1, 0.15) is 13.8 Å². The lowest BCUT2D eigenvalue weighted by Gasteiger charge is -2.42. The number of piperazine rings is 1. The Labute approximate surface area is 119 Å². The number of nitrogens with zero attached hydrogens (tertiary/aromatic N) is 4. The average molecular weight is 269 g/mol. The summed E-state index contributed by atoms with van der Waals surface area (Å²) < 4.78 is 0. The molecule has 5 nitrogen and oxygen atoms in total. The van der Waals surface area contributed by atoms with E-state index < -0.39 is 0 Å². The summed E-state index contributed by atoms with van der Waals surface area (Å²) >= 11 is 0. The fraction of sp³-hybridized carbons (Fsp3) is 0.400. The van der Waals surface area contributed by atoms with E-state index in [1.54, 1.807) is 6.20 Å². The smallest absolute Gasteiger partial charge is 0.225 e. The van der Waals surface area contributed by atoms with Gasteiger partial charge in [-0.25, -0.2) is 9.97 Å². The Morgan fingerprint density at radius 1 is 1.15 bits per heavy atom. The first-order valence-electron chi connectivity index (χ1n) is 6.88. The minimum atomic E-state index is 0.0358. The van der Waals surface area contributed by atoms with Crippen molar-refractivity contribution in [3.63, 3.8) is 0 Å². The van der Waals surface area contributed by atoms with Crippen molar-refractivity contribution in [2.24, 2.45) is 0 Å². The molecule has 1 aliphatic rings. The Kier molecular flexibility index (Phi) is 3.36. The van der Waals surface area contributed by atoms with Gasteiger partial charge in [-0.3, -0.25) is 4.98 Å². The molecule has 0 aliphatic carbocycles. The van der Waals surface area contributed by atoms with Crippen LogP contribution in [0.5, 0.6) is 0 Å². The first-order chi connectivity index (χ1) is 9.67. The highest BCUT2D eigenvalue weighted by Crippen LogP contribution is 2.23. The lowest BCUT2D eigenvalue weighted by Crippen LogP contribution is -2.58. The van der Waals surface area contributed by atoms with Crippen molar-refractivity contribution in [3.8, 4) is 11.1 Å². The molecule has 0 unspecified atom stereocenters. The van der Waals surface area contributed by atoms with Crippen molar-refractivity contribution in [3.05, 3.63) is 36.9 Å². The number of nitrogens with one attached hydrogen (secondary N) is 1. The van der Waals surface area contributed by atoms with Gasteiger partial charge in [0.05, 0.1) is 0 Å².